The number of benzene rings is 4. The number of imide groups is 2. The highest BCUT2D eigenvalue weighted by Crippen LogP contribution is 2.65. The lowest BCUT2D eigenvalue weighted by molar-refractivity contribution is -0.138. The molecule has 3 fully saturated rings. The molecule has 10 nitrogen and oxygen atoms in total. The van der Waals surface area contributed by atoms with Crippen LogP contribution in [0, 0.1) is 30.6 Å². The number of nitrogens with zero attached hydrogens (tertiary/aromatic N) is 2. The molecule has 12 heteroatoms. The number of anilines is 2. The first-order valence-corrected chi connectivity index (χ1v) is 19.2. The first kappa shape index (κ1) is 35.9. The molecule has 0 spiro atoms. The average molecular weight is 854 g/mol. The van der Waals surface area contributed by atoms with Crippen molar-refractivity contribution in [2.24, 2.45) is 23.7 Å². The molecule has 2 aliphatic heterocycles. The number of hydrogen-bond donors (Lipinski definition) is 2. The fourth-order valence-corrected chi connectivity index (χ4v) is 10.1. The molecule has 4 aromatic carbocycles. The van der Waals surface area contributed by atoms with Crippen LogP contribution in [0.4, 0.5) is 11.4 Å². The van der Waals surface area contributed by atoms with Crippen LogP contribution in [0.5, 0.6) is 11.5 Å². The van der Waals surface area contributed by atoms with Gasteiger partial charge in [0.2, 0.25) is 11.8 Å². The van der Waals surface area contributed by atoms with Gasteiger partial charge < -0.3 is 9.84 Å². The van der Waals surface area contributed by atoms with Crippen molar-refractivity contribution in [2.75, 3.05) is 17.4 Å². The predicted molar refractivity (Wildman–Crippen MR) is 208 cm³/mol. The predicted octanol–water partition coefficient (Wildman–Crippen LogP) is 7.63. The summed E-state index contributed by atoms with van der Waals surface area (Å²) in [5.41, 5.74) is 5.92. The normalized spacial score (nSPS) is 25.9. The van der Waals surface area contributed by atoms with E-state index in [4.69, 9.17) is 4.74 Å². The zero-order valence-corrected chi connectivity index (χ0v) is 32.7. The van der Waals surface area contributed by atoms with Crippen molar-refractivity contribution in [1.29, 1.82) is 0 Å². The van der Waals surface area contributed by atoms with Gasteiger partial charge >= 0.3 is 0 Å². The van der Waals surface area contributed by atoms with Crippen LogP contribution in [0.25, 0.3) is 0 Å². The van der Waals surface area contributed by atoms with E-state index in [2.05, 4.69) is 37.3 Å². The Bertz CT molecular complexity index is 2290. The first-order chi connectivity index (χ1) is 25.9. The van der Waals surface area contributed by atoms with E-state index in [1.54, 1.807) is 42.5 Å². The molecule has 1 saturated carbocycles. The summed E-state index contributed by atoms with van der Waals surface area (Å²) in [6, 6.07) is 24.7. The van der Waals surface area contributed by atoms with Gasteiger partial charge in [-0.3, -0.25) is 34.3 Å². The molecule has 4 aromatic rings. The molecule has 2 aliphatic carbocycles. The summed E-state index contributed by atoms with van der Waals surface area (Å²) in [5, 5.41) is 12.1. The van der Waals surface area contributed by atoms with Gasteiger partial charge in [0.25, 0.3) is 11.8 Å². The quantitative estimate of drug-likeness (QED) is 0.110. The minimum atomic E-state index is -1.51. The number of phenolic OH excluding ortho intramolecular Hbond substituents is 1. The Kier molecular flexibility index (Phi) is 8.88. The van der Waals surface area contributed by atoms with Gasteiger partial charge in [-0.1, -0.05) is 59.7 Å². The molecule has 2 saturated heterocycles. The summed E-state index contributed by atoms with van der Waals surface area (Å²) < 4.78 is 6.37. The summed E-state index contributed by atoms with van der Waals surface area (Å²) >= 11 is 7.24. The zero-order chi connectivity index (χ0) is 38.2. The van der Waals surface area contributed by atoms with Gasteiger partial charge in [0, 0.05) is 16.0 Å². The lowest BCUT2D eigenvalue weighted by atomic mass is 9.49. The number of allylic oxidation sites excluding steroid dienone is 2. The molecule has 0 aromatic heterocycles. The number of halogens is 2. The van der Waals surface area contributed by atoms with E-state index in [1.165, 1.54) is 18.9 Å². The van der Waals surface area contributed by atoms with E-state index in [9.17, 15) is 24.3 Å². The maximum atomic E-state index is 15.4. The highest BCUT2D eigenvalue weighted by Gasteiger charge is 2.70. The van der Waals surface area contributed by atoms with Crippen molar-refractivity contribution in [2.45, 2.75) is 38.0 Å². The van der Waals surface area contributed by atoms with Gasteiger partial charge in [0.15, 0.2) is 17.3 Å². The SMILES string of the molecule is COc1cc([C@H]2C3=CC[C@@H]4C(=O)N(c5ccc(C(C)=O)cc5)C(=O)[C@@H]4[C@@H]3C[C@H]3C(=O)N(Nc4ccc(C)cc4)C(=O)[C@@]23c2ccccc2)c(Br)c(Br)c1O. The third kappa shape index (κ3) is 5.20. The number of carbonyl (C=O) groups excluding carboxylic acids is 5. The fourth-order valence-electron chi connectivity index (χ4n) is 9.17. The van der Waals surface area contributed by atoms with Crippen LogP contribution in [-0.2, 0) is 24.6 Å². The second-order valence-electron chi connectivity index (χ2n) is 14.4. The Morgan fingerprint density at radius 2 is 1.57 bits per heavy atom. The molecule has 0 unspecified atom stereocenters. The number of rotatable bonds is 7. The molecular formula is C42H35Br2N3O7. The summed E-state index contributed by atoms with van der Waals surface area (Å²) in [6.45, 7) is 3.40. The van der Waals surface area contributed by atoms with Crippen LogP contribution in [0.15, 0.2) is 106 Å². The largest absolute Gasteiger partial charge is 0.503 e. The number of ether oxygens (including phenoxy) is 1. The second-order valence-corrected chi connectivity index (χ2v) is 15.9. The van der Waals surface area contributed by atoms with Gasteiger partial charge in [-0.05, 0) is 118 Å². The smallest absolute Gasteiger partial charge is 0.260 e. The van der Waals surface area contributed by atoms with E-state index < -0.39 is 52.7 Å². The van der Waals surface area contributed by atoms with Crippen LogP contribution in [0.1, 0.15) is 52.7 Å². The molecule has 2 heterocycles. The standard InChI is InChI=1S/C42H35Br2N3O7/c1-21-9-13-25(14-10-21)45-47-39(51)31-19-29-27(17-18-28-33(29)40(52)46(38(28)50)26-15-11-23(12-16-26)22(2)48)34(30-20-32(54-3)37(49)36(44)35(30)43)42(31,41(47)53)24-7-5-4-6-8-24/h4-17,20,28-29,31,33-34,45,49H,18-19H2,1-3H3/t28-,29+,31-,33-,34+,42+/m0/s1. The minimum absolute atomic E-state index is 0.124. The van der Waals surface area contributed by atoms with E-state index in [-0.39, 0.29) is 36.0 Å². The van der Waals surface area contributed by atoms with Gasteiger partial charge in [-0.2, -0.15) is 5.01 Å². The maximum Gasteiger partial charge on any atom is 0.260 e. The van der Waals surface area contributed by atoms with E-state index in [1.807, 2.05) is 55.5 Å². The number of phenols is 1. The molecule has 6 atom stereocenters. The fraction of sp³-hybridized carbons (Fsp3) is 0.262. The number of nitrogens with one attached hydrogen (secondary N) is 1. The third-order valence-corrected chi connectivity index (χ3v) is 13.8. The molecule has 0 bridgehead atoms. The first-order valence-electron chi connectivity index (χ1n) is 17.6. The third-order valence-electron chi connectivity index (χ3n) is 11.6. The number of aromatic hydroxyl groups is 1. The number of methoxy groups -OCH3 is 1. The van der Waals surface area contributed by atoms with E-state index in [0.717, 1.165) is 16.1 Å². The topological polar surface area (TPSA) is 133 Å². The highest BCUT2D eigenvalue weighted by atomic mass is 79.9. The van der Waals surface area contributed by atoms with Gasteiger partial charge in [-0.25, -0.2) is 0 Å². The number of ketones is 1. The van der Waals surface area contributed by atoms with Crippen molar-refractivity contribution in [3.05, 3.63) is 128 Å². The van der Waals surface area contributed by atoms with Gasteiger partial charge in [-0.15, -0.1) is 0 Å². The zero-order valence-electron chi connectivity index (χ0n) is 29.5. The van der Waals surface area contributed by atoms with Crippen LogP contribution in [0.2, 0.25) is 0 Å². The van der Waals surface area contributed by atoms with E-state index >= 15 is 4.79 Å². The minimum Gasteiger partial charge on any atom is -0.503 e. The van der Waals surface area contributed by atoms with Crippen LogP contribution in [0.3, 0.4) is 0 Å². The van der Waals surface area contributed by atoms with Gasteiger partial charge in [0.05, 0.1) is 46.1 Å². The van der Waals surface area contributed by atoms with Gasteiger partial charge in [0.1, 0.15) is 0 Å². The molecule has 2 N–H and O–H groups in total. The van der Waals surface area contributed by atoms with Crippen LogP contribution >= 0.6 is 31.9 Å². The molecule has 4 amide bonds. The number of aryl methyl sites for hydroxylation is 1. The Morgan fingerprint density at radius 3 is 2.22 bits per heavy atom. The van der Waals surface area contributed by atoms with Crippen molar-refractivity contribution in [1.82, 2.24) is 5.01 Å². The Morgan fingerprint density at radius 1 is 0.889 bits per heavy atom. The Labute approximate surface area is 328 Å². The number of fused-ring (bicyclic) bond motifs is 4. The monoisotopic (exact) mass is 851 g/mol. The highest BCUT2D eigenvalue weighted by molar-refractivity contribution is 9.13. The molecule has 8 rings (SSSR count). The molecule has 274 valence electrons. The van der Waals surface area contributed by atoms with E-state index in [0.29, 0.717) is 37.0 Å². The lowest BCUT2D eigenvalue weighted by Gasteiger charge is -2.51. The number of Topliss-reactive ketones (excluding diaryl/α,β-unsaturated/α-hetero) is 1. The molecule has 54 heavy (non-hydrogen) atoms. The van der Waals surface area contributed by atoms with Crippen molar-refractivity contribution in [3.63, 3.8) is 0 Å². The molecular weight excluding hydrogens is 818 g/mol. The summed E-state index contributed by atoms with van der Waals surface area (Å²) in [7, 11) is 1.43. The summed E-state index contributed by atoms with van der Waals surface area (Å²) in [6.07, 6.45) is 2.33. The molecule has 0 radical (unpaired) electrons. The van der Waals surface area contributed by atoms with Crippen LogP contribution < -0.4 is 15.1 Å². The summed E-state index contributed by atoms with van der Waals surface area (Å²) in [4.78, 5) is 72.3. The second kappa shape index (κ2) is 13.3. The van der Waals surface area contributed by atoms with Crippen molar-refractivity contribution >= 4 is 72.6 Å². The Balaban J connectivity index is 1.34. The number of carbonyl (C=O) groups is 5. The maximum absolute atomic E-state index is 15.4. The summed E-state index contributed by atoms with van der Waals surface area (Å²) in [5.74, 6) is -5.72. The van der Waals surface area contributed by atoms with Crippen LogP contribution in [-0.4, -0.2) is 46.6 Å². The average Bonchev–Trinajstić information content (AvgIpc) is 3.56. The van der Waals surface area contributed by atoms with Crippen molar-refractivity contribution < 1.29 is 33.8 Å². The van der Waals surface area contributed by atoms with Crippen molar-refractivity contribution in [3.8, 4) is 11.5 Å². The number of hydrogen-bond acceptors (Lipinski definition) is 8. The lowest BCUT2D eigenvalue weighted by Crippen LogP contribution is -2.53. The number of hydrazine groups is 1. The molecule has 4 aliphatic rings. The Hall–Kier alpha value is -5.07. The number of amides is 4.